The van der Waals surface area contributed by atoms with Crippen molar-refractivity contribution in [2.75, 3.05) is 5.75 Å². The van der Waals surface area contributed by atoms with Crippen molar-refractivity contribution in [1.29, 1.82) is 0 Å². The third-order valence-electron chi connectivity index (χ3n) is 1.75. The van der Waals surface area contributed by atoms with Crippen molar-refractivity contribution in [3.63, 3.8) is 0 Å². The van der Waals surface area contributed by atoms with Gasteiger partial charge >= 0.3 is 0 Å². The number of hydrogen-bond acceptors (Lipinski definition) is 3. The summed E-state index contributed by atoms with van der Waals surface area (Å²) in [7, 11) is 0. The molecule has 70 valence electrons. The van der Waals surface area contributed by atoms with E-state index in [1.165, 1.54) is 6.07 Å². The fourth-order valence-electron chi connectivity index (χ4n) is 1.11. The molecule has 0 radical (unpaired) electrons. The number of hydrogen-bond donors (Lipinski definition) is 0. The number of thioether (sulfide) groups is 1. The van der Waals surface area contributed by atoms with Crippen LogP contribution < -0.4 is 0 Å². The number of nitro groups is 1. The minimum absolute atomic E-state index is 0.207. The van der Waals surface area contributed by atoms with Crippen LogP contribution in [-0.4, -0.2) is 10.7 Å². The lowest BCUT2D eigenvalue weighted by atomic mass is 10.2. The summed E-state index contributed by atoms with van der Waals surface area (Å²) in [5.41, 5.74) is 0.970. The number of benzene rings is 1. The van der Waals surface area contributed by atoms with Gasteiger partial charge in [-0.05, 0) is 18.7 Å². The molecule has 0 fully saturated rings. The third-order valence-corrected chi connectivity index (χ3v) is 2.79. The normalized spacial score (nSPS) is 10.0. The Kier molecular flexibility index (Phi) is 3.31. The largest absolute Gasteiger partial charge is 0.273 e. The number of rotatable bonds is 3. The molecule has 0 N–H and O–H groups in total. The topological polar surface area (TPSA) is 43.1 Å². The fourth-order valence-corrected chi connectivity index (χ4v) is 1.92. The summed E-state index contributed by atoms with van der Waals surface area (Å²) < 4.78 is 0. The molecular weight excluding hydrogens is 186 g/mol. The van der Waals surface area contributed by atoms with Gasteiger partial charge in [0.1, 0.15) is 0 Å². The van der Waals surface area contributed by atoms with E-state index in [1.54, 1.807) is 24.8 Å². The van der Waals surface area contributed by atoms with Crippen LogP contribution in [0.1, 0.15) is 12.5 Å². The molecule has 1 aromatic rings. The van der Waals surface area contributed by atoms with Gasteiger partial charge in [-0.2, -0.15) is 0 Å². The van der Waals surface area contributed by atoms with Crippen LogP contribution in [-0.2, 0) is 0 Å². The highest BCUT2D eigenvalue weighted by molar-refractivity contribution is 7.99. The summed E-state index contributed by atoms with van der Waals surface area (Å²) >= 11 is 1.63. The Morgan fingerprint density at radius 2 is 2.23 bits per heavy atom. The summed E-state index contributed by atoms with van der Waals surface area (Å²) in [6.45, 7) is 3.82. The zero-order valence-corrected chi connectivity index (χ0v) is 8.43. The second kappa shape index (κ2) is 4.28. The quantitative estimate of drug-likeness (QED) is 0.425. The number of nitrogens with zero attached hydrogens (tertiary/aromatic N) is 1. The monoisotopic (exact) mass is 197 g/mol. The molecule has 0 spiro atoms. The number of nitro benzene ring substituents is 1. The van der Waals surface area contributed by atoms with Crippen molar-refractivity contribution in [1.82, 2.24) is 0 Å². The van der Waals surface area contributed by atoms with Crippen LogP contribution in [0.4, 0.5) is 5.69 Å². The maximum Gasteiger partial charge on any atom is 0.273 e. The van der Waals surface area contributed by atoms with Gasteiger partial charge in [-0.3, -0.25) is 10.1 Å². The van der Waals surface area contributed by atoms with Crippen molar-refractivity contribution >= 4 is 17.4 Å². The van der Waals surface area contributed by atoms with E-state index >= 15 is 0 Å². The van der Waals surface area contributed by atoms with Crippen LogP contribution in [0.25, 0.3) is 0 Å². The third kappa shape index (κ3) is 2.21. The standard InChI is InChI=1S/C9H11NO2S/c1-3-13-9-6-4-5-8(7(9)2)10(11)12/h4-6H,3H2,1-2H3. The zero-order valence-electron chi connectivity index (χ0n) is 7.61. The van der Waals surface area contributed by atoms with E-state index < -0.39 is 0 Å². The Bertz CT molecular complexity index is 325. The minimum Gasteiger partial charge on any atom is -0.258 e. The summed E-state index contributed by atoms with van der Waals surface area (Å²) in [4.78, 5) is 11.2. The molecule has 0 aliphatic rings. The Labute approximate surface area is 81.3 Å². The van der Waals surface area contributed by atoms with Gasteiger partial charge < -0.3 is 0 Å². The molecule has 0 saturated heterocycles. The summed E-state index contributed by atoms with van der Waals surface area (Å²) in [5, 5.41) is 10.6. The molecule has 0 heterocycles. The second-order valence-electron chi connectivity index (χ2n) is 2.59. The highest BCUT2D eigenvalue weighted by Crippen LogP contribution is 2.28. The maximum absolute atomic E-state index is 10.6. The average Bonchev–Trinajstić information content (AvgIpc) is 2.08. The van der Waals surface area contributed by atoms with Gasteiger partial charge in [0.25, 0.3) is 5.69 Å². The Balaban J connectivity index is 3.10. The molecule has 0 aromatic heterocycles. The Morgan fingerprint density at radius 1 is 1.54 bits per heavy atom. The smallest absolute Gasteiger partial charge is 0.258 e. The van der Waals surface area contributed by atoms with Crippen LogP contribution in [0.2, 0.25) is 0 Å². The highest BCUT2D eigenvalue weighted by atomic mass is 32.2. The first-order valence-electron chi connectivity index (χ1n) is 4.03. The summed E-state index contributed by atoms with van der Waals surface area (Å²) in [6.07, 6.45) is 0. The van der Waals surface area contributed by atoms with Crippen LogP contribution in [0.5, 0.6) is 0 Å². The van der Waals surface area contributed by atoms with Crippen molar-refractivity contribution in [3.05, 3.63) is 33.9 Å². The van der Waals surface area contributed by atoms with E-state index in [2.05, 4.69) is 0 Å². The Morgan fingerprint density at radius 3 is 2.77 bits per heavy atom. The summed E-state index contributed by atoms with van der Waals surface area (Å²) in [6, 6.07) is 5.18. The molecule has 0 amide bonds. The van der Waals surface area contributed by atoms with E-state index in [1.807, 2.05) is 13.0 Å². The van der Waals surface area contributed by atoms with Gasteiger partial charge in [-0.1, -0.05) is 13.0 Å². The molecule has 0 unspecified atom stereocenters. The maximum atomic E-state index is 10.6. The first-order valence-corrected chi connectivity index (χ1v) is 5.02. The lowest BCUT2D eigenvalue weighted by molar-refractivity contribution is -0.385. The first-order chi connectivity index (χ1) is 6.16. The van der Waals surface area contributed by atoms with Crippen molar-refractivity contribution in [2.24, 2.45) is 0 Å². The lowest BCUT2D eigenvalue weighted by Gasteiger charge is -2.03. The van der Waals surface area contributed by atoms with E-state index in [4.69, 9.17) is 0 Å². The van der Waals surface area contributed by atoms with E-state index in [0.29, 0.717) is 0 Å². The SMILES string of the molecule is CCSc1cccc([N+](=O)[O-])c1C. The van der Waals surface area contributed by atoms with Crippen LogP contribution >= 0.6 is 11.8 Å². The lowest BCUT2D eigenvalue weighted by Crippen LogP contribution is -1.92. The molecule has 13 heavy (non-hydrogen) atoms. The van der Waals surface area contributed by atoms with Crippen molar-refractivity contribution in [3.8, 4) is 0 Å². The zero-order chi connectivity index (χ0) is 9.84. The van der Waals surface area contributed by atoms with Crippen molar-refractivity contribution in [2.45, 2.75) is 18.7 Å². The van der Waals surface area contributed by atoms with Gasteiger partial charge in [0.05, 0.1) is 4.92 Å². The second-order valence-corrected chi connectivity index (χ2v) is 3.90. The Hall–Kier alpha value is -1.03. The summed E-state index contributed by atoms with van der Waals surface area (Å²) in [5.74, 6) is 0.933. The molecule has 0 bridgehead atoms. The molecule has 3 nitrogen and oxygen atoms in total. The molecule has 0 atom stereocenters. The minimum atomic E-state index is -0.338. The van der Waals surface area contributed by atoms with Gasteiger partial charge in [-0.15, -0.1) is 11.8 Å². The molecule has 4 heteroatoms. The van der Waals surface area contributed by atoms with Gasteiger partial charge in [0.15, 0.2) is 0 Å². The molecule has 0 aliphatic carbocycles. The predicted molar refractivity (Wildman–Crippen MR) is 54.2 cm³/mol. The van der Waals surface area contributed by atoms with Gasteiger partial charge in [-0.25, -0.2) is 0 Å². The molecular formula is C9H11NO2S. The average molecular weight is 197 g/mol. The highest BCUT2D eigenvalue weighted by Gasteiger charge is 2.12. The van der Waals surface area contributed by atoms with Crippen LogP contribution in [0.3, 0.4) is 0 Å². The van der Waals surface area contributed by atoms with Crippen molar-refractivity contribution < 1.29 is 4.92 Å². The van der Waals surface area contributed by atoms with Crippen LogP contribution in [0.15, 0.2) is 23.1 Å². The molecule has 1 rings (SSSR count). The van der Waals surface area contributed by atoms with E-state index in [-0.39, 0.29) is 10.6 Å². The molecule has 0 saturated carbocycles. The molecule has 0 aliphatic heterocycles. The van der Waals surface area contributed by atoms with Crippen LogP contribution in [0, 0.1) is 17.0 Å². The molecule has 1 aromatic carbocycles. The van der Waals surface area contributed by atoms with E-state index in [9.17, 15) is 10.1 Å². The first kappa shape index (κ1) is 10.1. The van der Waals surface area contributed by atoms with Gasteiger partial charge in [0.2, 0.25) is 0 Å². The van der Waals surface area contributed by atoms with E-state index in [0.717, 1.165) is 16.2 Å². The predicted octanol–water partition coefficient (Wildman–Crippen LogP) is 3.02. The fraction of sp³-hybridized carbons (Fsp3) is 0.333. The van der Waals surface area contributed by atoms with Gasteiger partial charge in [0, 0.05) is 16.5 Å².